The minimum absolute atomic E-state index is 0.0592. The fraction of sp³-hybridized carbons (Fsp3) is 0.200. The average Bonchev–Trinajstić information content (AvgIpc) is 2.66. The predicted molar refractivity (Wildman–Crippen MR) is 107 cm³/mol. The molecule has 0 atom stereocenters. The van der Waals surface area contributed by atoms with Crippen LogP contribution in [0.1, 0.15) is 30.9 Å². The maximum atomic E-state index is 13.0. The summed E-state index contributed by atoms with van der Waals surface area (Å²) in [5, 5.41) is 2.35. The minimum Gasteiger partial charge on any atom is -0.437 e. The van der Waals surface area contributed by atoms with Gasteiger partial charge in [0.1, 0.15) is 17.8 Å². The summed E-state index contributed by atoms with van der Waals surface area (Å²) < 4.78 is 44.8. The number of nitrogens with one attached hydrogen (secondary N) is 1. The molecule has 0 radical (unpaired) electrons. The van der Waals surface area contributed by atoms with E-state index < -0.39 is 16.8 Å². The zero-order chi connectivity index (χ0) is 21.2. The van der Waals surface area contributed by atoms with Crippen molar-refractivity contribution in [3.8, 4) is 11.6 Å². The molecule has 152 valence electrons. The standard InChI is InChI=1S/C20H18ClF3N4O/c1-11(2)12-3-6-14(7-4-12)29-19-17(25)18(26-10-27-19)28-13-5-8-16(21)15(9-13)20(22,23)24/h3-11H,25H2,1-2H3,(H,26,27,28). The summed E-state index contributed by atoms with van der Waals surface area (Å²) in [4.78, 5) is 7.99. The Labute approximate surface area is 170 Å². The fourth-order valence-corrected chi connectivity index (χ4v) is 2.77. The Bertz CT molecular complexity index is 1010. The number of hydrogen-bond donors (Lipinski definition) is 2. The highest BCUT2D eigenvalue weighted by molar-refractivity contribution is 6.31. The Hall–Kier alpha value is -3.00. The summed E-state index contributed by atoms with van der Waals surface area (Å²) in [6.07, 6.45) is -3.38. The van der Waals surface area contributed by atoms with Crippen molar-refractivity contribution in [3.05, 3.63) is 64.9 Å². The summed E-state index contributed by atoms with van der Waals surface area (Å²) >= 11 is 5.64. The molecular formula is C20H18ClF3N4O. The summed E-state index contributed by atoms with van der Waals surface area (Å²) in [5.41, 5.74) is 6.43. The van der Waals surface area contributed by atoms with Crippen LogP contribution in [0.3, 0.4) is 0 Å². The van der Waals surface area contributed by atoms with Crippen molar-refractivity contribution in [2.45, 2.75) is 25.9 Å². The zero-order valence-corrected chi connectivity index (χ0v) is 16.3. The smallest absolute Gasteiger partial charge is 0.417 e. The van der Waals surface area contributed by atoms with E-state index >= 15 is 0 Å². The first-order valence-electron chi connectivity index (χ1n) is 8.67. The van der Waals surface area contributed by atoms with Crippen molar-refractivity contribution in [3.63, 3.8) is 0 Å². The van der Waals surface area contributed by atoms with E-state index in [1.54, 1.807) is 12.1 Å². The average molecular weight is 423 g/mol. The molecule has 0 aliphatic rings. The number of nitrogen functional groups attached to an aromatic ring is 1. The number of nitrogens with two attached hydrogens (primary N) is 1. The maximum Gasteiger partial charge on any atom is 0.417 e. The number of benzene rings is 2. The second-order valence-electron chi connectivity index (χ2n) is 6.58. The van der Waals surface area contributed by atoms with Gasteiger partial charge in [-0.3, -0.25) is 0 Å². The first-order valence-corrected chi connectivity index (χ1v) is 9.05. The van der Waals surface area contributed by atoms with Crippen molar-refractivity contribution >= 4 is 28.8 Å². The lowest BCUT2D eigenvalue weighted by molar-refractivity contribution is -0.137. The molecule has 0 fully saturated rings. The Balaban J connectivity index is 1.84. The Morgan fingerprint density at radius 1 is 1.07 bits per heavy atom. The number of hydrogen-bond acceptors (Lipinski definition) is 5. The Morgan fingerprint density at radius 2 is 1.76 bits per heavy atom. The molecule has 9 heteroatoms. The summed E-state index contributed by atoms with van der Waals surface area (Å²) in [6, 6.07) is 10.9. The molecule has 2 aromatic carbocycles. The third kappa shape index (κ3) is 4.89. The summed E-state index contributed by atoms with van der Waals surface area (Å²) in [6.45, 7) is 4.16. The van der Waals surface area contributed by atoms with Gasteiger partial charge < -0.3 is 15.8 Å². The number of nitrogens with zero attached hydrogens (tertiary/aromatic N) is 2. The number of rotatable bonds is 5. The van der Waals surface area contributed by atoms with Crippen LogP contribution in [0.15, 0.2) is 48.8 Å². The van der Waals surface area contributed by atoms with Crippen molar-refractivity contribution in [1.82, 2.24) is 9.97 Å². The van der Waals surface area contributed by atoms with Gasteiger partial charge in [-0.1, -0.05) is 37.6 Å². The molecule has 0 aliphatic carbocycles. The van der Waals surface area contributed by atoms with Crippen molar-refractivity contribution in [2.24, 2.45) is 0 Å². The molecule has 1 heterocycles. The summed E-state index contributed by atoms with van der Waals surface area (Å²) in [5.74, 6) is 1.11. The normalized spacial score (nSPS) is 11.6. The van der Waals surface area contributed by atoms with Crippen LogP contribution in [0.2, 0.25) is 5.02 Å². The third-order valence-electron chi connectivity index (χ3n) is 4.14. The lowest BCUT2D eigenvalue weighted by Gasteiger charge is -2.14. The first kappa shape index (κ1) is 20.7. The molecule has 0 saturated carbocycles. The lowest BCUT2D eigenvalue weighted by atomic mass is 10.0. The van der Waals surface area contributed by atoms with E-state index in [2.05, 4.69) is 29.1 Å². The van der Waals surface area contributed by atoms with Crippen LogP contribution in [0, 0.1) is 0 Å². The van der Waals surface area contributed by atoms with Crippen LogP contribution >= 0.6 is 11.6 Å². The van der Waals surface area contributed by atoms with Gasteiger partial charge in [0, 0.05) is 5.69 Å². The van der Waals surface area contributed by atoms with Gasteiger partial charge in [-0.15, -0.1) is 0 Å². The molecule has 0 spiro atoms. The van der Waals surface area contributed by atoms with Crippen molar-refractivity contribution in [1.29, 1.82) is 0 Å². The quantitative estimate of drug-likeness (QED) is 0.498. The van der Waals surface area contributed by atoms with Crippen LogP contribution < -0.4 is 15.8 Å². The number of ether oxygens (including phenoxy) is 1. The van der Waals surface area contributed by atoms with Crippen molar-refractivity contribution in [2.75, 3.05) is 11.1 Å². The maximum absolute atomic E-state index is 13.0. The van der Waals surface area contributed by atoms with Gasteiger partial charge in [-0.2, -0.15) is 18.2 Å². The highest BCUT2D eigenvalue weighted by Gasteiger charge is 2.33. The Morgan fingerprint density at radius 3 is 2.38 bits per heavy atom. The van der Waals surface area contributed by atoms with Gasteiger partial charge in [0.25, 0.3) is 0 Å². The van der Waals surface area contributed by atoms with Gasteiger partial charge in [0.15, 0.2) is 5.82 Å². The van der Waals surface area contributed by atoms with Gasteiger partial charge in [0.2, 0.25) is 5.88 Å². The number of halogens is 4. The number of alkyl halides is 3. The van der Waals surface area contributed by atoms with E-state index in [9.17, 15) is 13.2 Å². The highest BCUT2D eigenvalue weighted by Crippen LogP contribution is 2.37. The van der Waals surface area contributed by atoms with E-state index in [4.69, 9.17) is 22.1 Å². The van der Waals surface area contributed by atoms with Gasteiger partial charge >= 0.3 is 6.18 Å². The van der Waals surface area contributed by atoms with E-state index in [1.807, 2.05) is 12.1 Å². The second-order valence-corrected chi connectivity index (χ2v) is 6.99. The molecule has 5 nitrogen and oxygen atoms in total. The van der Waals surface area contributed by atoms with E-state index in [1.165, 1.54) is 12.4 Å². The molecule has 3 rings (SSSR count). The van der Waals surface area contributed by atoms with Gasteiger partial charge in [-0.05, 0) is 41.8 Å². The van der Waals surface area contributed by atoms with Crippen molar-refractivity contribution < 1.29 is 17.9 Å². The molecule has 3 aromatic rings. The molecule has 0 unspecified atom stereocenters. The van der Waals surface area contributed by atoms with Crippen LogP contribution in [0.5, 0.6) is 11.6 Å². The number of anilines is 3. The van der Waals surface area contributed by atoms with Crippen LogP contribution in [-0.4, -0.2) is 9.97 Å². The largest absolute Gasteiger partial charge is 0.437 e. The molecule has 29 heavy (non-hydrogen) atoms. The molecule has 0 amide bonds. The molecule has 3 N–H and O–H groups in total. The molecular weight excluding hydrogens is 405 g/mol. The fourth-order valence-electron chi connectivity index (χ4n) is 2.55. The zero-order valence-electron chi connectivity index (χ0n) is 15.6. The van der Waals surface area contributed by atoms with Crippen LogP contribution in [-0.2, 0) is 6.18 Å². The van der Waals surface area contributed by atoms with Crippen LogP contribution in [0.25, 0.3) is 0 Å². The topological polar surface area (TPSA) is 73.1 Å². The van der Waals surface area contributed by atoms with E-state index in [-0.39, 0.29) is 23.1 Å². The monoisotopic (exact) mass is 422 g/mol. The van der Waals surface area contributed by atoms with Gasteiger partial charge in [0.05, 0.1) is 10.6 Å². The summed E-state index contributed by atoms with van der Waals surface area (Å²) in [7, 11) is 0. The molecule has 0 aliphatic heterocycles. The molecule has 0 saturated heterocycles. The van der Waals surface area contributed by atoms with E-state index in [0.717, 1.165) is 17.7 Å². The Kier molecular flexibility index (Phi) is 5.83. The highest BCUT2D eigenvalue weighted by atomic mass is 35.5. The van der Waals surface area contributed by atoms with Gasteiger partial charge in [-0.25, -0.2) is 4.98 Å². The predicted octanol–water partition coefficient (Wildman–Crippen LogP) is 6.39. The second kappa shape index (κ2) is 8.16. The SMILES string of the molecule is CC(C)c1ccc(Oc2ncnc(Nc3ccc(Cl)c(C(F)(F)F)c3)c2N)cc1. The minimum atomic E-state index is -4.58. The lowest BCUT2D eigenvalue weighted by Crippen LogP contribution is -2.07. The molecule has 1 aromatic heterocycles. The van der Waals surface area contributed by atoms with Crippen LogP contribution in [0.4, 0.5) is 30.4 Å². The number of aromatic nitrogens is 2. The third-order valence-corrected chi connectivity index (χ3v) is 4.47. The first-order chi connectivity index (χ1) is 13.6. The van der Waals surface area contributed by atoms with E-state index in [0.29, 0.717) is 11.7 Å². The molecule has 0 bridgehead atoms.